The summed E-state index contributed by atoms with van der Waals surface area (Å²) in [5, 5.41) is 0. The molecule has 0 amide bonds. The van der Waals surface area contributed by atoms with Crippen LogP contribution in [0.3, 0.4) is 0 Å². The number of hydrogen-bond donors (Lipinski definition) is 2. The van der Waals surface area contributed by atoms with Gasteiger partial charge in [-0.1, -0.05) is 12.1 Å². The molecule has 0 unspecified atom stereocenters. The van der Waals surface area contributed by atoms with Crippen LogP contribution in [-0.4, -0.2) is 24.1 Å². The lowest BCUT2D eigenvalue weighted by atomic mass is 10.1. The molecule has 0 radical (unpaired) electrons. The van der Waals surface area contributed by atoms with Crippen LogP contribution in [0.2, 0.25) is 0 Å². The number of nitrogen functional groups attached to an aromatic ring is 2. The fourth-order valence-electron chi connectivity index (χ4n) is 1.58. The minimum atomic E-state index is 0.190. The summed E-state index contributed by atoms with van der Waals surface area (Å²) < 4.78 is 0. The second kappa shape index (κ2) is 4.29. The maximum atomic E-state index is 5.83. The number of rotatable bonds is 2. The molecule has 17 heavy (non-hydrogen) atoms. The Morgan fingerprint density at radius 1 is 1.18 bits per heavy atom. The van der Waals surface area contributed by atoms with E-state index in [1.165, 1.54) is 0 Å². The van der Waals surface area contributed by atoms with Crippen molar-refractivity contribution < 1.29 is 0 Å². The molecule has 4 N–H and O–H groups in total. The lowest BCUT2D eigenvalue weighted by molar-refractivity contribution is 1.13. The van der Waals surface area contributed by atoms with Crippen molar-refractivity contribution >= 4 is 17.5 Å². The van der Waals surface area contributed by atoms with Gasteiger partial charge in [-0.15, -0.1) is 0 Å². The van der Waals surface area contributed by atoms with Crippen LogP contribution in [0.15, 0.2) is 30.5 Å². The van der Waals surface area contributed by atoms with Gasteiger partial charge in [0, 0.05) is 31.5 Å². The summed E-state index contributed by atoms with van der Waals surface area (Å²) in [6.45, 7) is 0. The molecule has 2 rings (SSSR count). The molecule has 0 bridgehead atoms. The maximum Gasteiger partial charge on any atom is 0.221 e. The zero-order valence-electron chi connectivity index (χ0n) is 9.88. The van der Waals surface area contributed by atoms with Crippen LogP contribution in [0.5, 0.6) is 0 Å². The Balaban J connectivity index is 2.49. The molecule has 2 aromatic rings. The smallest absolute Gasteiger partial charge is 0.221 e. The summed E-state index contributed by atoms with van der Waals surface area (Å²) in [6, 6.07) is 8.00. The number of aromatic nitrogens is 2. The predicted octanol–water partition coefficient (Wildman–Crippen LogP) is 1.37. The van der Waals surface area contributed by atoms with Crippen LogP contribution < -0.4 is 16.4 Å². The Bertz CT molecular complexity index is 536. The van der Waals surface area contributed by atoms with Crippen LogP contribution in [0, 0.1) is 0 Å². The molecule has 0 fully saturated rings. The minimum absolute atomic E-state index is 0.190. The van der Waals surface area contributed by atoms with Crippen molar-refractivity contribution in [3.63, 3.8) is 0 Å². The number of nitrogens with two attached hydrogens (primary N) is 2. The highest BCUT2D eigenvalue weighted by atomic mass is 15.1. The molecule has 1 aromatic heterocycles. The van der Waals surface area contributed by atoms with Gasteiger partial charge in [-0.25, -0.2) is 4.98 Å². The van der Waals surface area contributed by atoms with E-state index in [1.807, 2.05) is 43.3 Å². The second-order valence-corrected chi connectivity index (χ2v) is 3.97. The first kappa shape index (κ1) is 11.2. The topological polar surface area (TPSA) is 81.1 Å². The third-order valence-corrected chi connectivity index (χ3v) is 2.51. The third-order valence-electron chi connectivity index (χ3n) is 2.51. The molecule has 88 valence electrons. The van der Waals surface area contributed by atoms with Gasteiger partial charge in [0.25, 0.3) is 0 Å². The van der Waals surface area contributed by atoms with E-state index in [0.717, 1.165) is 16.8 Å². The first-order valence-electron chi connectivity index (χ1n) is 5.23. The molecular weight excluding hydrogens is 214 g/mol. The quantitative estimate of drug-likeness (QED) is 0.813. The molecule has 1 heterocycles. The highest BCUT2D eigenvalue weighted by Gasteiger charge is 2.06. The predicted molar refractivity (Wildman–Crippen MR) is 70.6 cm³/mol. The summed E-state index contributed by atoms with van der Waals surface area (Å²) in [4.78, 5) is 9.94. The standard InChI is InChI=1S/C12H15N5/c1-17(2)9-5-3-4-8(6-9)10-7-15-12(14)16-11(10)13/h3-7H,1-2H3,(H4,13,14,15,16). The molecule has 0 aliphatic carbocycles. The molecular formula is C12H15N5. The van der Waals surface area contributed by atoms with Crippen molar-refractivity contribution in [2.45, 2.75) is 0 Å². The van der Waals surface area contributed by atoms with Gasteiger partial charge in [0.15, 0.2) is 0 Å². The minimum Gasteiger partial charge on any atom is -0.383 e. The van der Waals surface area contributed by atoms with E-state index in [2.05, 4.69) is 9.97 Å². The molecule has 5 nitrogen and oxygen atoms in total. The molecule has 0 aliphatic rings. The molecule has 0 atom stereocenters. The van der Waals surface area contributed by atoms with E-state index in [-0.39, 0.29) is 5.95 Å². The highest BCUT2D eigenvalue weighted by Crippen LogP contribution is 2.27. The fourth-order valence-corrected chi connectivity index (χ4v) is 1.58. The fraction of sp³-hybridized carbons (Fsp3) is 0.167. The molecule has 0 aliphatic heterocycles. The lowest BCUT2D eigenvalue weighted by Gasteiger charge is -2.14. The summed E-state index contributed by atoms with van der Waals surface area (Å²) in [6.07, 6.45) is 1.65. The van der Waals surface area contributed by atoms with Crippen LogP contribution in [0.4, 0.5) is 17.5 Å². The van der Waals surface area contributed by atoms with Crippen molar-refractivity contribution in [1.82, 2.24) is 9.97 Å². The van der Waals surface area contributed by atoms with Crippen LogP contribution in [0.25, 0.3) is 11.1 Å². The third kappa shape index (κ3) is 2.28. The Hall–Kier alpha value is -2.30. The van der Waals surface area contributed by atoms with Gasteiger partial charge in [0.05, 0.1) is 0 Å². The monoisotopic (exact) mass is 229 g/mol. The average molecular weight is 229 g/mol. The van der Waals surface area contributed by atoms with Gasteiger partial charge < -0.3 is 16.4 Å². The van der Waals surface area contributed by atoms with E-state index >= 15 is 0 Å². The average Bonchev–Trinajstić information content (AvgIpc) is 2.29. The number of hydrogen-bond acceptors (Lipinski definition) is 5. The van der Waals surface area contributed by atoms with Gasteiger partial charge in [0.2, 0.25) is 5.95 Å². The normalized spacial score (nSPS) is 10.2. The number of anilines is 3. The Labute approximate surface area is 100 Å². The first-order chi connectivity index (χ1) is 8.08. The van der Waals surface area contributed by atoms with Gasteiger partial charge >= 0.3 is 0 Å². The highest BCUT2D eigenvalue weighted by molar-refractivity contribution is 5.76. The Kier molecular flexibility index (Phi) is 2.82. The first-order valence-corrected chi connectivity index (χ1v) is 5.23. The molecule has 0 saturated heterocycles. The van der Waals surface area contributed by atoms with Gasteiger partial charge in [-0.05, 0) is 17.7 Å². The van der Waals surface area contributed by atoms with Crippen LogP contribution >= 0.6 is 0 Å². The van der Waals surface area contributed by atoms with Gasteiger partial charge in [0.1, 0.15) is 5.82 Å². The van der Waals surface area contributed by atoms with E-state index < -0.39 is 0 Å². The largest absolute Gasteiger partial charge is 0.383 e. The second-order valence-electron chi connectivity index (χ2n) is 3.97. The van der Waals surface area contributed by atoms with E-state index in [9.17, 15) is 0 Å². The lowest BCUT2D eigenvalue weighted by Crippen LogP contribution is -2.08. The molecule has 0 spiro atoms. The zero-order valence-corrected chi connectivity index (χ0v) is 9.88. The molecule has 1 aromatic carbocycles. The van der Waals surface area contributed by atoms with E-state index in [4.69, 9.17) is 11.5 Å². The Morgan fingerprint density at radius 2 is 1.94 bits per heavy atom. The summed E-state index contributed by atoms with van der Waals surface area (Å²) in [7, 11) is 3.98. The van der Waals surface area contributed by atoms with Gasteiger partial charge in [-0.2, -0.15) is 4.98 Å². The zero-order chi connectivity index (χ0) is 12.4. The summed E-state index contributed by atoms with van der Waals surface area (Å²) >= 11 is 0. The number of nitrogens with zero attached hydrogens (tertiary/aromatic N) is 3. The van der Waals surface area contributed by atoms with Crippen molar-refractivity contribution in [3.8, 4) is 11.1 Å². The number of benzene rings is 1. The van der Waals surface area contributed by atoms with Crippen molar-refractivity contribution in [1.29, 1.82) is 0 Å². The molecule has 5 heteroatoms. The van der Waals surface area contributed by atoms with Crippen molar-refractivity contribution in [3.05, 3.63) is 30.5 Å². The van der Waals surface area contributed by atoms with Crippen molar-refractivity contribution in [2.24, 2.45) is 0 Å². The summed E-state index contributed by atoms with van der Waals surface area (Å²) in [5.41, 5.74) is 14.2. The van der Waals surface area contributed by atoms with E-state index in [0.29, 0.717) is 5.82 Å². The maximum absolute atomic E-state index is 5.83. The van der Waals surface area contributed by atoms with Gasteiger partial charge in [-0.3, -0.25) is 0 Å². The van der Waals surface area contributed by atoms with Crippen LogP contribution in [-0.2, 0) is 0 Å². The SMILES string of the molecule is CN(C)c1cccc(-c2cnc(N)nc2N)c1. The Morgan fingerprint density at radius 3 is 2.59 bits per heavy atom. The van der Waals surface area contributed by atoms with Crippen molar-refractivity contribution in [2.75, 3.05) is 30.5 Å². The summed E-state index contributed by atoms with van der Waals surface area (Å²) in [5.74, 6) is 0.587. The van der Waals surface area contributed by atoms with E-state index in [1.54, 1.807) is 6.20 Å². The molecule has 0 saturated carbocycles. The van der Waals surface area contributed by atoms with Crippen LogP contribution in [0.1, 0.15) is 0 Å².